The zero-order valence-electron chi connectivity index (χ0n) is 9.84. The first-order chi connectivity index (χ1) is 8.29. The zero-order valence-corrected chi connectivity index (χ0v) is 9.84. The summed E-state index contributed by atoms with van der Waals surface area (Å²) in [5.74, 6) is 0. The Morgan fingerprint density at radius 3 is 1.94 bits per heavy atom. The normalized spacial score (nSPS) is 20.5. The maximum absolute atomic E-state index is 12.2. The molecule has 1 aromatic heterocycles. The summed E-state index contributed by atoms with van der Waals surface area (Å²) in [6.45, 7) is 1.04. The first-order valence-corrected chi connectivity index (χ1v) is 6.36. The van der Waals surface area contributed by atoms with Gasteiger partial charge in [-0.25, -0.2) is 23.5 Å². The Bertz CT molecular complexity index is 516. The highest BCUT2D eigenvalue weighted by Gasteiger charge is 2.24. The van der Waals surface area contributed by atoms with Gasteiger partial charge in [0.15, 0.2) is 0 Å². The van der Waals surface area contributed by atoms with Gasteiger partial charge in [0.1, 0.15) is 0 Å². The molecule has 0 radical (unpaired) electrons. The summed E-state index contributed by atoms with van der Waals surface area (Å²) in [6, 6.07) is 0.120. The van der Waals surface area contributed by atoms with Crippen LogP contribution >= 0.6 is 0 Å². The maximum Gasteiger partial charge on any atom is 0.347 e. The second-order valence-corrected chi connectivity index (χ2v) is 4.86. The van der Waals surface area contributed by atoms with Crippen molar-refractivity contribution in [3.8, 4) is 0 Å². The van der Waals surface area contributed by atoms with Crippen molar-refractivity contribution >= 4 is 0 Å². The van der Waals surface area contributed by atoms with E-state index in [-0.39, 0.29) is 17.4 Å². The lowest BCUT2D eigenvalue weighted by Gasteiger charge is -2.20. The minimum absolute atomic E-state index is 0.120. The minimum atomic E-state index is -0.133. The molecule has 2 heterocycles. The lowest BCUT2D eigenvalue weighted by Crippen LogP contribution is -2.33. The molecule has 1 aromatic rings. The van der Waals surface area contributed by atoms with Crippen molar-refractivity contribution in [1.29, 1.82) is 0 Å². The molecule has 1 fully saturated rings. The van der Waals surface area contributed by atoms with Crippen LogP contribution in [0.25, 0.3) is 0 Å². The molecule has 2 aliphatic rings. The lowest BCUT2D eigenvalue weighted by atomic mass is 9.95. The molecule has 17 heavy (non-hydrogen) atoms. The van der Waals surface area contributed by atoms with Crippen molar-refractivity contribution < 1.29 is 0 Å². The number of fused-ring (bicyclic) bond motifs is 1. The van der Waals surface area contributed by atoms with Gasteiger partial charge in [0.2, 0.25) is 0 Å². The Hall–Kier alpha value is -1.52. The Balaban J connectivity index is 2.08. The number of nitrogens with zero attached hydrogens (tertiary/aromatic N) is 3. The highest BCUT2D eigenvalue weighted by atomic mass is 16.2. The van der Waals surface area contributed by atoms with Crippen LogP contribution in [0.15, 0.2) is 21.7 Å². The van der Waals surface area contributed by atoms with Gasteiger partial charge >= 0.3 is 11.4 Å². The minimum Gasteiger partial charge on any atom is -0.246 e. The molecule has 0 spiro atoms. The Labute approximate surface area is 98.9 Å². The maximum atomic E-state index is 12.2. The van der Waals surface area contributed by atoms with Crippen LogP contribution in [-0.2, 0) is 13.1 Å². The van der Waals surface area contributed by atoms with E-state index in [0.29, 0.717) is 13.1 Å². The smallest absolute Gasteiger partial charge is 0.246 e. The van der Waals surface area contributed by atoms with Gasteiger partial charge in [-0.05, 0) is 12.8 Å². The second-order valence-electron chi connectivity index (χ2n) is 4.86. The molecule has 1 aliphatic carbocycles. The summed E-state index contributed by atoms with van der Waals surface area (Å²) in [7, 11) is 0. The highest BCUT2D eigenvalue weighted by Crippen LogP contribution is 2.25. The van der Waals surface area contributed by atoms with E-state index < -0.39 is 0 Å². The fourth-order valence-electron chi connectivity index (χ4n) is 2.89. The third kappa shape index (κ3) is 1.61. The van der Waals surface area contributed by atoms with Crippen molar-refractivity contribution in [1.82, 2.24) is 13.9 Å². The highest BCUT2D eigenvalue weighted by molar-refractivity contribution is 4.92. The molecule has 0 saturated heterocycles. The first-order valence-electron chi connectivity index (χ1n) is 6.36. The summed E-state index contributed by atoms with van der Waals surface area (Å²) in [4.78, 5) is 24.4. The van der Waals surface area contributed by atoms with E-state index in [1.165, 1.54) is 11.0 Å². The summed E-state index contributed by atoms with van der Waals surface area (Å²) < 4.78 is 4.58. The van der Waals surface area contributed by atoms with Crippen molar-refractivity contribution in [2.75, 3.05) is 0 Å². The summed E-state index contributed by atoms with van der Waals surface area (Å²) in [5.41, 5.74) is -0.266. The van der Waals surface area contributed by atoms with Crippen LogP contribution in [0.1, 0.15) is 38.1 Å². The van der Waals surface area contributed by atoms with Gasteiger partial charge in [-0.1, -0.05) is 31.4 Å². The monoisotopic (exact) mass is 235 g/mol. The SMILES string of the molecule is O=c1n(C2CCCCC2)c(=O)n2n1CC=CC2. The standard InChI is InChI=1S/C12H17N3O2/c16-11-13-8-4-5-9-14(13)12(17)15(11)10-6-2-1-3-7-10/h4-5,10H,1-3,6-9H2. The summed E-state index contributed by atoms with van der Waals surface area (Å²) in [5, 5.41) is 0. The number of hydrogen-bond acceptors (Lipinski definition) is 2. The molecule has 0 N–H and O–H groups in total. The fourth-order valence-corrected chi connectivity index (χ4v) is 2.89. The Morgan fingerprint density at radius 1 is 0.882 bits per heavy atom. The zero-order chi connectivity index (χ0) is 11.8. The van der Waals surface area contributed by atoms with Gasteiger partial charge in [-0.2, -0.15) is 0 Å². The van der Waals surface area contributed by atoms with Crippen LogP contribution in [0.2, 0.25) is 0 Å². The van der Waals surface area contributed by atoms with Crippen molar-refractivity contribution in [3.05, 3.63) is 33.1 Å². The van der Waals surface area contributed by atoms with E-state index in [4.69, 9.17) is 0 Å². The Morgan fingerprint density at radius 2 is 1.41 bits per heavy atom. The van der Waals surface area contributed by atoms with Crippen LogP contribution in [0, 0.1) is 0 Å². The van der Waals surface area contributed by atoms with Gasteiger partial charge in [0.05, 0.1) is 13.1 Å². The molecule has 1 saturated carbocycles. The van der Waals surface area contributed by atoms with Crippen molar-refractivity contribution in [2.24, 2.45) is 0 Å². The van der Waals surface area contributed by atoms with Crippen LogP contribution in [0.5, 0.6) is 0 Å². The Kier molecular flexibility index (Phi) is 2.53. The third-order valence-electron chi connectivity index (χ3n) is 3.81. The van der Waals surface area contributed by atoms with Crippen LogP contribution < -0.4 is 11.4 Å². The average Bonchev–Trinajstić information content (AvgIpc) is 2.64. The van der Waals surface area contributed by atoms with Gasteiger partial charge in [-0.3, -0.25) is 0 Å². The third-order valence-corrected chi connectivity index (χ3v) is 3.81. The molecule has 5 heteroatoms. The number of rotatable bonds is 1. The molecule has 0 aromatic carbocycles. The van der Waals surface area contributed by atoms with E-state index >= 15 is 0 Å². The predicted octanol–water partition coefficient (Wildman–Crippen LogP) is 0.886. The number of allylic oxidation sites excluding steroid dienone is 2. The number of aromatic nitrogens is 3. The van der Waals surface area contributed by atoms with Crippen LogP contribution in [0.4, 0.5) is 0 Å². The molecule has 0 bridgehead atoms. The van der Waals surface area contributed by atoms with Gasteiger partial charge in [0.25, 0.3) is 0 Å². The van der Waals surface area contributed by atoms with E-state index in [2.05, 4.69) is 0 Å². The second kappa shape index (κ2) is 4.05. The lowest BCUT2D eigenvalue weighted by molar-refractivity contribution is 0.338. The molecule has 3 rings (SSSR count). The predicted molar refractivity (Wildman–Crippen MR) is 64.2 cm³/mol. The van der Waals surface area contributed by atoms with Gasteiger partial charge in [0, 0.05) is 6.04 Å². The molecular weight excluding hydrogens is 218 g/mol. The molecule has 1 aliphatic heterocycles. The quantitative estimate of drug-likeness (QED) is 0.679. The van der Waals surface area contributed by atoms with E-state index in [0.717, 1.165) is 25.7 Å². The van der Waals surface area contributed by atoms with E-state index in [1.807, 2.05) is 12.2 Å². The average molecular weight is 235 g/mol. The molecule has 0 unspecified atom stereocenters. The molecule has 5 nitrogen and oxygen atoms in total. The fraction of sp³-hybridized carbons (Fsp3) is 0.667. The van der Waals surface area contributed by atoms with E-state index in [9.17, 15) is 9.59 Å². The van der Waals surface area contributed by atoms with Gasteiger partial charge in [-0.15, -0.1) is 0 Å². The molecule has 0 amide bonds. The van der Waals surface area contributed by atoms with Crippen LogP contribution in [0.3, 0.4) is 0 Å². The number of hydrogen-bond donors (Lipinski definition) is 0. The van der Waals surface area contributed by atoms with Gasteiger partial charge < -0.3 is 0 Å². The molecular formula is C12H17N3O2. The summed E-state index contributed by atoms with van der Waals surface area (Å²) >= 11 is 0. The molecule has 92 valence electrons. The molecule has 0 atom stereocenters. The van der Waals surface area contributed by atoms with Crippen molar-refractivity contribution in [2.45, 2.75) is 51.2 Å². The largest absolute Gasteiger partial charge is 0.347 e. The van der Waals surface area contributed by atoms with Crippen LogP contribution in [-0.4, -0.2) is 13.9 Å². The first kappa shape index (κ1) is 10.6. The summed E-state index contributed by atoms with van der Waals surface area (Å²) in [6.07, 6.45) is 9.28. The van der Waals surface area contributed by atoms with Crippen molar-refractivity contribution in [3.63, 3.8) is 0 Å². The van der Waals surface area contributed by atoms with E-state index in [1.54, 1.807) is 9.36 Å². The topological polar surface area (TPSA) is 48.9 Å².